The second-order valence-electron chi connectivity index (χ2n) is 7.10. The third kappa shape index (κ3) is 3.59. The van der Waals surface area contributed by atoms with Gasteiger partial charge in [-0.1, -0.05) is 72.8 Å². The van der Waals surface area contributed by atoms with Crippen LogP contribution in [0.15, 0.2) is 84.9 Å². The Morgan fingerprint density at radius 3 is 1.85 bits per heavy atom. The Labute approximate surface area is 160 Å². The number of hydrogen-bond acceptors (Lipinski definition) is 2. The van der Waals surface area contributed by atoms with Gasteiger partial charge in [-0.25, -0.2) is 0 Å². The summed E-state index contributed by atoms with van der Waals surface area (Å²) in [6, 6.07) is 29.5. The Hall–Kier alpha value is -3.07. The summed E-state index contributed by atoms with van der Waals surface area (Å²) < 4.78 is 0. The third-order valence-electron chi connectivity index (χ3n) is 5.41. The van der Waals surface area contributed by atoms with Crippen molar-refractivity contribution in [3.05, 3.63) is 102 Å². The summed E-state index contributed by atoms with van der Waals surface area (Å²) in [5.74, 6) is -0.0463. The summed E-state index contributed by atoms with van der Waals surface area (Å²) >= 11 is 0. The van der Waals surface area contributed by atoms with Crippen LogP contribution in [0.5, 0.6) is 0 Å². The van der Waals surface area contributed by atoms with E-state index in [1.54, 1.807) is 0 Å². The summed E-state index contributed by atoms with van der Waals surface area (Å²) in [5, 5.41) is 0. The highest BCUT2D eigenvalue weighted by atomic mass is 16.1. The number of anilines is 1. The summed E-state index contributed by atoms with van der Waals surface area (Å²) in [5.41, 5.74) is 10.4. The predicted octanol–water partition coefficient (Wildman–Crippen LogP) is 4.32. The first kappa shape index (κ1) is 17.3. The molecular formula is C24H24N2O. The summed E-state index contributed by atoms with van der Waals surface area (Å²) in [6.45, 7) is 0.883. The quantitative estimate of drug-likeness (QED) is 0.692. The third-order valence-corrected chi connectivity index (χ3v) is 5.41. The van der Waals surface area contributed by atoms with Crippen molar-refractivity contribution < 1.29 is 4.79 Å². The van der Waals surface area contributed by atoms with Gasteiger partial charge in [0.1, 0.15) is 6.04 Å². The molecule has 0 aromatic heterocycles. The Morgan fingerprint density at radius 2 is 1.33 bits per heavy atom. The van der Waals surface area contributed by atoms with Crippen LogP contribution in [0.4, 0.5) is 5.69 Å². The molecule has 0 bridgehead atoms. The van der Waals surface area contributed by atoms with Crippen LogP contribution < -0.4 is 10.6 Å². The van der Waals surface area contributed by atoms with Gasteiger partial charge in [-0.3, -0.25) is 4.79 Å². The van der Waals surface area contributed by atoms with E-state index in [2.05, 4.69) is 77.7 Å². The number of amides is 1. The Kier molecular flexibility index (Phi) is 4.93. The van der Waals surface area contributed by atoms with Crippen LogP contribution in [0.25, 0.3) is 0 Å². The zero-order valence-electron chi connectivity index (χ0n) is 15.3. The van der Waals surface area contributed by atoms with Crippen molar-refractivity contribution in [2.75, 3.05) is 11.4 Å². The van der Waals surface area contributed by atoms with Crippen molar-refractivity contribution >= 4 is 11.6 Å². The first-order valence-electron chi connectivity index (χ1n) is 9.50. The predicted molar refractivity (Wildman–Crippen MR) is 110 cm³/mol. The molecule has 0 spiro atoms. The van der Waals surface area contributed by atoms with Gasteiger partial charge < -0.3 is 10.6 Å². The van der Waals surface area contributed by atoms with E-state index in [0.717, 1.165) is 25.1 Å². The molecule has 2 N–H and O–H groups in total. The highest BCUT2D eigenvalue weighted by Gasteiger charge is 2.29. The van der Waals surface area contributed by atoms with Gasteiger partial charge in [-0.2, -0.15) is 0 Å². The number of carbonyl (C=O) groups excluding carboxylic acids is 1. The van der Waals surface area contributed by atoms with Gasteiger partial charge in [-0.05, 0) is 41.7 Å². The standard InChI is InChI=1S/C24H24N2O/c25-24(27)22-12-7-17-26(22)21-15-13-20(14-16-21)23(18-8-3-1-4-9-18)19-10-5-2-6-11-19/h1-6,8-11,13-16,22-23H,7,12,17H2,(H2,25,27)/t22-/m0/s1. The number of nitrogens with zero attached hydrogens (tertiary/aromatic N) is 1. The van der Waals surface area contributed by atoms with E-state index in [1.165, 1.54) is 16.7 Å². The topological polar surface area (TPSA) is 46.3 Å². The second kappa shape index (κ2) is 7.67. The lowest BCUT2D eigenvalue weighted by Gasteiger charge is -2.25. The maximum Gasteiger partial charge on any atom is 0.240 e. The van der Waals surface area contributed by atoms with Crippen LogP contribution >= 0.6 is 0 Å². The van der Waals surface area contributed by atoms with Crippen molar-refractivity contribution in [2.24, 2.45) is 5.73 Å². The van der Waals surface area contributed by atoms with E-state index >= 15 is 0 Å². The Bertz CT molecular complexity index is 851. The molecule has 0 unspecified atom stereocenters. The van der Waals surface area contributed by atoms with Crippen molar-refractivity contribution in [3.8, 4) is 0 Å². The molecule has 0 radical (unpaired) electrons. The van der Waals surface area contributed by atoms with Gasteiger partial charge in [0.15, 0.2) is 0 Å². The molecule has 3 aromatic rings. The molecule has 1 saturated heterocycles. The molecule has 1 atom stereocenters. The number of carbonyl (C=O) groups is 1. The molecule has 3 aromatic carbocycles. The first-order valence-corrected chi connectivity index (χ1v) is 9.50. The van der Waals surface area contributed by atoms with Crippen LogP contribution in [0.2, 0.25) is 0 Å². The van der Waals surface area contributed by atoms with Crippen LogP contribution in [0.1, 0.15) is 35.4 Å². The summed E-state index contributed by atoms with van der Waals surface area (Å²) in [6.07, 6.45) is 1.85. The number of rotatable bonds is 5. The van der Waals surface area contributed by atoms with Gasteiger partial charge in [0.2, 0.25) is 5.91 Å². The van der Waals surface area contributed by atoms with Crippen LogP contribution in [-0.4, -0.2) is 18.5 Å². The highest BCUT2D eigenvalue weighted by molar-refractivity contribution is 5.84. The molecule has 1 fully saturated rings. The molecule has 4 rings (SSSR count). The zero-order valence-corrected chi connectivity index (χ0v) is 15.3. The van der Waals surface area contributed by atoms with Crippen LogP contribution in [0.3, 0.4) is 0 Å². The van der Waals surface area contributed by atoms with Gasteiger partial charge in [0, 0.05) is 18.2 Å². The van der Waals surface area contributed by atoms with E-state index in [4.69, 9.17) is 5.73 Å². The summed E-state index contributed by atoms with van der Waals surface area (Å²) in [4.78, 5) is 13.8. The smallest absolute Gasteiger partial charge is 0.240 e. The fourth-order valence-electron chi connectivity index (χ4n) is 4.10. The number of nitrogens with two attached hydrogens (primary N) is 1. The largest absolute Gasteiger partial charge is 0.368 e. The maximum absolute atomic E-state index is 11.7. The van der Waals surface area contributed by atoms with Gasteiger partial charge in [0.25, 0.3) is 0 Å². The molecule has 1 amide bonds. The number of primary amides is 1. The van der Waals surface area contributed by atoms with E-state index in [1.807, 2.05) is 12.1 Å². The molecule has 0 aliphatic carbocycles. The van der Waals surface area contributed by atoms with Gasteiger partial charge in [-0.15, -0.1) is 0 Å². The average Bonchev–Trinajstić information content (AvgIpc) is 3.21. The summed E-state index contributed by atoms with van der Waals surface area (Å²) in [7, 11) is 0. The fraction of sp³-hybridized carbons (Fsp3) is 0.208. The lowest BCUT2D eigenvalue weighted by molar-refractivity contribution is -0.119. The molecule has 0 saturated carbocycles. The minimum atomic E-state index is -0.233. The molecule has 1 heterocycles. The molecule has 1 aliphatic rings. The van der Waals surface area contributed by atoms with Crippen LogP contribution in [0, 0.1) is 0 Å². The lowest BCUT2D eigenvalue weighted by atomic mass is 9.85. The van der Waals surface area contributed by atoms with Crippen molar-refractivity contribution in [3.63, 3.8) is 0 Å². The maximum atomic E-state index is 11.7. The zero-order chi connectivity index (χ0) is 18.6. The fourth-order valence-corrected chi connectivity index (χ4v) is 4.10. The van der Waals surface area contributed by atoms with E-state index < -0.39 is 0 Å². The van der Waals surface area contributed by atoms with Crippen molar-refractivity contribution in [1.82, 2.24) is 0 Å². The molecular weight excluding hydrogens is 332 g/mol. The minimum Gasteiger partial charge on any atom is -0.368 e. The highest BCUT2D eigenvalue weighted by Crippen LogP contribution is 2.34. The van der Waals surface area contributed by atoms with Gasteiger partial charge in [0.05, 0.1) is 0 Å². The SMILES string of the molecule is NC(=O)[C@@H]1CCCN1c1ccc(C(c2ccccc2)c2ccccc2)cc1. The monoisotopic (exact) mass is 356 g/mol. The molecule has 27 heavy (non-hydrogen) atoms. The van der Waals surface area contributed by atoms with E-state index in [9.17, 15) is 4.79 Å². The lowest BCUT2D eigenvalue weighted by Crippen LogP contribution is -2.40. The molecule has 3 nitrogen and oxygen atoms in total. The minimum absolute atomic E-state index is 0.185. The first-order chi connectivity index (χ1) is 13.2. The Balaban J connectivity index is 1.68. The molecule has 3 heteroatoms. The number of hydrogen-bond donors (Lipinski definition) is 1. The Morgan fingerprint density at radius 1 is 0.815 bits per heavy atom. The normalized spacial score (nSPS) is 16.6. The molecule has 136 valence electrons. The number of benzene rings is 3. The second-order valence-corrected chi connectivity index (χ2v) is 7.10. The van der Waals surface area contributed by atoms with Gasteiger partial charge >= 0.3 is 0 Å². The van der Waals surface area contributed by atoms with E-state index in [-0.39, 0.29) is 17.9 Å². The average molecular weight is 356 g/mol. The van der Waals surface area contributed by atoms with Crippen molar-refractivity contribution in [2.45, 2.75) is 24.8 Å². The van der Waals surface area contributed by atoms with Crippen LogP contribution in [-0.2, 0) is 4.79 Å². The molecule has 1 aliphatic heterocycles. The van der Waals surface area contributed by atoms with Crippen molar-refractivity contribution in [1.29, 1.82) is 0 Å². The van der Waals surface area contributed by atoms with E-state index in [0.29, 0.717) is 0 Å².